The summed E-state index contributed by atoms with van der Waals surface area (Å²) in [5.41, 5.74) is 3.12. The number of rotatable bonds is 3. The summed E-state index contributed by atoms with van der Waals surface area (Å²) in [5, 5.41) is 4.13. The largest absolute Gasteiger partial charge is 0.326 e. The van der Waals surface area contributed by atoms with Gasteiger partial charge in [0, 0.05) is 22.9 Å². The van der Waals surface area contributed by atoms with Gasteiger partial charge in [-0.05, 0) is 44.4 Å². The van der Waals surface area contributed by atoms with Crippen molar-refractivity contribution in [3.8, 4) is 0 Å². The highest BCUT2D eigenvalue weighted by atomic mass is 35.5. The van der Waals surface area contributed by atoms with E-state index in [9.17, 15) is 0 Å². The molecule has 94 valence electrons. The summed E-state index contributed by atoms with van der Waals surface area (Å²) < 4.78 is 2.23. The average Bonchev–Trinajstić information content (AvgIpc) is 3.09. The molecule has 1 fully saturated rings. The van der Waals surface area contributed by atoms with Crippen LogP contribution in [0.3, 0.4) is 0 Å². The molecule has 0 bridgehead atoms. The van der Waals surface area contributed by atoms with Crippen LogP contribution in [0.4, 0.5) is 11.6 Å². The van der Waals surface area contributed by atoms with E-state index in [-0.39, 0.29) is 0 Å². The molecule has 0 unspecified atom stereocenters. The van der Waals surface area contributed by atoms with Gasteiger partial charge >= 0.3 is 0 Å². The van der Waals surface area contributed by atoms with E-state index in [4.69, 9.17) is 11.6 Å². The second kappa shape index (κ2) is 4.32. The zero-order valence-electron chi connectivity index (χ0n) is 10.6. The molecule has 3 rings (SSSR count). The molecule has 3 nitrogen and oxygen atoms in total. The van der Waals surface area contributed by atoms with Crippen molar-refractivity contribution >= 4 is 23.2 Å². The Morgan fingerprint density at radius 1 is 1.33 bits per heavy atom. The number of anilines is 2. The SMILES string of the molecule is Cc1cn(C2CC2)c(Nc2ccc(C)c(Cl)c2)n1. The molecule has 1 aromatic carbocycles. The Balaban J connectivity index is 1.89. The van der Waals surface area contributed by atoms with Gasteiger partial charge in [0.05, 0.1) is 5.69 Å². The molecule has 1 aliphatic rings. The second-order valence-corrected chi connectivity index (χ2v) is 5.34. The summed E-state index contributed by atoms with van der Waals surface area (Å²) in [6.07, 6.45) is 4.61. The lowest BCUT2D eigenvalue weighted by atomic mass is 10.2. The maximum Gasteiger partial charge on any atom is 0.207 e. The first kappa shape index (κ1) is 11.6. The first-order valence-electron chi connectivity index (χ1n) is 6.22. The van der Waals surface area contributed by atoms with Gasteiger partial charge in [0.1, 0.15) is 0 Å². The Morgan fingerprint density at radius 3 is 2.78 bits per heavy atom. The standard InChI is InChI=1S/C14H16ClN3/c1-9-3-4-11(7-13(9)15)17-14-16-10(2)8-18(14)12-5-6-12/h3-4,7-8,12H,5-6H2,1-2H3,(H,16,17). The maximum atomic E-state index is 6.13. The third-order valence-electron chi connectivity index (χ3n) is 3.22. The van der Waals surface area contributed by atoms with Crippen LogP contribution in [0.15, 0.2) is 24.4 Å². The van der Waals surface area contributed by atoms with Crippen LogP contribution in [-0.2, 0) is 0 Å². The van der Waals surface area contributed by atoms with E-state index in [1.807, 2.05) is 32.0 Å². The van der Waals surface area contributed by atoms with Gasteiger partial charge in [-0.2, -0.15) is 0 Å². The van der Waals surface area contributed by atoms with Crippen molar-refractivity contribution < 1.29 is 0 Å². The van der Waals surface area contributed by atoms with E-state index >= 15 is 0 Å². The molecule has 0 aliphatic heterocycles. The van der Waals surface area contributed by atoms with Crippen LogP contribution < -0.4 is 5.32 Å². The highest BCUT2D eigenvalue weighted by Gasteiger charge is 2.26. The molecule has 0 amide bonds. The van der Waals surface area contributed by atoms with E-state index in [1.54, 1.807) is 0 Å². The Hall–Kier alpha value is -1.48. The summed E-state index contributed by atoms with van der Waals surface area (Å²) in [7, 11) is 0. The molecule has 0 spiro atoms. The number of imidazole rings is 1. The van der Waals surface area contributed by atoms with Crippen LogP contribution in [-0.4, -0.2) is 9.55 Å². The van der Waals surface area contributed by atoms with Crippen molar-refractivity contribution in [3.05, 3.63) is 40.7 Å². The summed E-state index contributed by atoms with van der Waals surface area (Å²) >= 11 is 6.13. The summed E-state index contributed by atoms with van der Waals surface area (Å²) in [5.74, 6) is 0.912. The molecule has 0 atom stereocenters. The summed E-state index contributed by atoms with van der Waals surface area (Å²) in [4.78, 5) is 4.53. The lowest BCUT2D eigenvalue weighted by Gasteiger charge is -2.09. The van der Waals surface area contributed by atoms with Crippen LogP contribution in [0.25, 0.3) is 0 Å². The molecular formula is C14H16ClN3. The number of hydrogen-bond donors (Lipinski definition) is 1. The quantitative estimate of drug-likeness (QED) is 0.896. The lowest BCUT2D eigenvalue weighted by molar-refractivity contribution is 0.750. The molecule has 1 heterocycles. The fourth-order valence-corrected chi connectivity index (χ4v) is 2.22. The fraction of sp³-hybridized carbons (Fsp3) is 0.357. The molecule has 1 saturated carbocycles. The van der Waals surface area contributed by atoms with E-state index in [0.717, 1.165) is 27.9 Å². The third kappa shape index (κ3) is 2.23. The molecule has 18 heavy (non-hydrogen) atoms. The van der Waals surface area contributed by atoms with Gasteiger partial charge in [0.15, 0.2) is 0 Å². The molecule has 1 aliphatic carbocycles. The van der Waals surface area contributed by atoms with Gasteiger partial charge < -0.3 is 9.88 Å². The molecule has 0 saturated heterocycles. The first-order chi connectivity index (χ1) is 8.63. The Labute approximate surface area is 112 Å². The van der Waals surface area contributed by atoms with Crippen LogP contribution in [0.2, 0.25) is 5.02 Å². The normalized spacial score (nSPS) is 14.8. The summed E-state index contributed by atoms with van der Waals surface area (Å²) in [6.45, 7) is 4.02. The minimum absolute atomic E-state index is 0.620. The zero-order valence-corrected chi connectivity index (χ0v) is 11.3. The van der Waals surface area contributed by atoms with Gasteiger partial charge in [-0.15, -0.1) is 0 Å². The zero-order chi connectivity index (χ0) is 12.7. The van der Waals surface area contributed by atoms with Crippen LogP contribution in [0, 0.1) is 13.8 Å². The molecule has 2 aromatic rings. The molecule has 1 aromatic heterocycles. The van der Waals surface area contributed by atoms with Crippen molar-refractivity contribution in [1.82, 2.24) is 9.55 Å². The molecule has 1 N–H and O–H groups in total. The van der Waals surface area contributed by atoms with Gasteiger partial charge in [0.2, 0.25) is 5.95 Å². The first-order valence-corrected chi connectivity index (χ1v) is 6.60. The number of nitrogens with one attached hydrogen (secondary N) is 1. The van der Waals surface area contributed by atoms with Crippen LogP contribution in [0.1, 0.15) is 30.1 Å². The monoisotopic (exact) mass is 261 g/mol. The van der Waals surface area contributed by atoms with Crippen molar-refractivity contribution in [3.63, 3.8) is 0 Å². The van der Waals surface area contributed by atoms with Gasteiger partial charge in [-0.1, -0.05) is 17.7 Å². The van der Waals surface area contributed by atoms with Crippen molar-refractivity contribution in [2.45, 2.75) is 32.7 Å². The maximum absolute atomic E-state index is 6.13. The van der Waals surface area contributed by atoms with E-state index in [2.05, 4.69) is 21.1 Å². The van der Waals surface area contributed by atoms with Gasteiger partial charge in [-0.3, -0.25) is 0 Å². The molecular weight excluding hydrogens is 246 g/mol. The van der Waals surface area contributed by atoms with Crippen molar-refractivity contribution in [1.29, 1.82) is 0 Å². The number of nitrogens with zero attached hydrogens (tertiary/aromatic N) is 2. The average molecular weight is 262 g/mol. The number of hydrogen-bond acceptors (Lipinski definition) is 2. The molecule has 0 radical (unpaired) electrons. The topological polar surface area (TPSA) is 29.9 Å². The van der Waals surface area contributed by atoms with E-state index < -0.39 is 0 Å². The minimum Gasteiger partial charge on any atom is -0.326 e. The number of halogens is 1. The van der Waals surface area contributed by atoms with Crippen LogP contribution in [0.5, 0.6) is 0 Å². The van der Waals surface area contributed by atoms with Gasteiger partial charge in [0.25, 0.3) is 0 Å². The molecule has 4 heteroatoms. The Morgan fingerprint density at radius 2 is 2.11 bits per heavy atom. The third-order valence-corrected chi connectivity index (χ3v) is 3.63. The highest BCUT2D eigenvalue weighted by molar-refractivity contribution is 6.31. The smallest absolute Gasteiger partial charge is 0.207 e. The predicted octanol–water partition coefficient (Wildman–Crippen LogP) is 4.23. The van der Waals surface area contributed by atoms with E-state index in [1.165, 1.54) is 12.8 Å². The van der Waals surface area contributed by atoms with Crippen molar-refractivity contribution in [2.24, 2.45) is 0 Å². The van der Waals surface area contributed by atoms with Crippen molar-refractivity contribution in [2.75, 3.05) is 5.32 Å². The Bertz CT molecular complexity index is 585. The van der Waals surface area contributed by atoms with Crippen LogP contribution >= 0.6 is 11.6 Å². The number of benzene rings is 1. The highest BCUT2D eigenvalue weighted by Crippen LogP contribution is 2.38. The Kier molecular flexibility index (Phi) is 2.78. The number of aryl methyl sites for hydroxylation is 2. The van der Waals surface area contributed by atoms with E-state index in [0.29, 0.717) is 6.04 Å². The number of aromatic nitrogens is 2. The fourth-order valence-electron chi connectivity index (χ4n) is 2.04. The second-order valence-electron chi connectivity index (χ2n) is 4.93. The van der Waals surface area contributed by atoms with Gasteiger partial charge in [-0.25, -0.2) is 4.98 Å². The lowest BCUT2D eigenvalue weighted by Crippen LogP contribution is -2.01. The summed E-state index contributed by atoms with van der Waals surface area (Å²) in [6, 6.07) is 6.61. The minimum atomic E-state index is 0.620. The predicted molar refractivity (Wildman–Crippen MR) is 74.7 cm³/mol.